The van der Waals surface area contributed by atoms with Crippen LogP contribution in [0.1, 0.15) is 0 Å². The number of hydrogen-bond donors (Lipinski definition) is 0. The number of aromatic nitrogens is 4. The van der Waals surface area contributed by atoms with E-state index in [0.29, 0.717) is 15.8 Å². The van der Waals surface area contributed by atoms with Gasteiger partial charge in [-0.3, -0.25) is 14.0 Å². The molecule has 0 fully saturated rings. The summed E-state index contributed by atoms with van der Waals surface area (Å²) in [6, 6.07) is 0. The number of fused-ring (bicyclic) bond motifs is 1. The summed E-state index contributed by atoms with van der Waals surface area (Å²) in [7, 11) is 4.48. The normalized spacial score (nSPS) is 10.9. The summed E-state index contributed by atoms with van der Waals surface area (Å²) < 4.78 is 3.44. The lowest BCUT2D eigenvalue weighted by molar-refractivity contribution is 0.143. The van der Waals surface area contributed by atoms with E-state index in [1.807, 2.05) is 0 Å². The van der Waals surface area contributed by atoms with Crippen LogP contribution in [0.4, 0.5) is 0 Å². The number of nitrogens with zero attached hydrogens (tertiary/aromatic N) is 4. The van der Waals surface area contributed by atoms with Gasteiger partial charge in [0, 0.05) is 20.3 Å². The maximum absolute atomic E-state index is 11.7. The zero-order valence-electron chi connectivity index (χ0n) is 8.59. The molecule has 2 aromatic heterocycles. The fraction of sp³-hybridized carbons (Fsp3) is 0.375. The SMILES string of the molecule is COn1c(=O)c2cn(C)nc2n(C)c1=O. The minimum absolute atomic E-state index is 0.348. The van der Waals surface area contributed by atoms with Gasteiger partial charge >= 0.3 is 11.2 Å². The predicted octanol–water partition coefficient (Wildman–Crippen LogP) is -1.51. The third-order valence-electron chi connectivity index (χ3n) is 2.19. The summed E-state index contributed by atoms with van der Waals surface area (Å²) in [6.45, 7) is 0. The Balaban J connectivity index is 3.09. The third-order valence-corrected chi connectivity index (χ3v) is 2.19. The van der Waals surface area contributed by atoms with Gasteiger partial charge in [0.15, 0.2) is 5.65 Å². The second-order valence-corrected chi connectivity index (χ2v) is 3.16. The van der Waals surface area contributed by atoms with Crippen molar-refractivity contribution >= 4 is 11.0 Å². The molecule has 80 valence electrons. The van der Waals surface area contributed by atoms with E-state index in [-0.39, 0.29) is 0 Å². The molecular weight excluding hydrogens is 200 g/mol. The minimum Gasteiger partial charge on any atom is -0.409 e. The molecule has 0 aliphatic carbocycles. The highest BCUT2D eigenvalue weighted by atomic mass is 16.7. The number of rotatable bonds is 1. The fourth-order valence-electron chi connectivity index (χ4n) is 1.46. The van der Waals surface area contributed by atoms with Gasteiger partial charge in [0.25, 0.3) is 0 Å². The van der Waals surface area contributed by atoms with E-state index >= 15 is 0 Å². The molecule has 0 unspecified atom stereocenters. The molecule has 0 saturated carbocycles. The standard InChI is InChI=1S/C8H10N4O3/c1-10-4-5-6(9-10)11(2)8(14)12(15-3)7(5)13/h4H,1-3H3. The van der Waals surface area contributed by atoms with Crippen molar-refractivity contribution in [3.05, 3.63) is 27.0 Å². The summed E-state index contributed by atoms with van der Waals surface area (Å²) in [6.07, 6.45) is 1.55. The smallest absolute Gasteiger partial charge is 0.366 e. The Morgan fingerprint density at radius 1 is 1.33 bits per heavy atom. The lowest BCUT2D eigenvalue weighted by atomic mass is 10.4. The van der Waals surface area contributed by atoms with E-state index in [0.717, 1.165) is 0 Å². The van der Waals surface area contributed by atoms with E-state index in [2.05, 4.69) is 5.10 Å². The second-order valence-electron chi connectivity index (χ2n) is 3.16. The number of hydrogen-bond acceptors (Lipinski definition) is 4. The van der Waals surface area contributed by atoms with Gasteiger partial charge in [-0.15, -0.1) is 0 Å². The van der Waals surface area contributed by atoms with E-state index in [1.54, 1.807) is 13.2 Å². The molecule has 0 atom stereocenters. The van der Waals surface area contributed by atoms with Crippen molar-refractivity contribution in [2.75, 3.05) is 7.11 Å². The molecule has 0 spiro atoms. The summed E-state index contributed by atoms with van der Waals surface area (Å²) in [5.74, 6) is 0. The van der Waals surface area contributed by atoms with Crippen LogP contribution in [0.5, 0.6) is 0 Å². The highest BCUT2D eigenvalue weighted by Crippen LogP contribution is 2.01. The van der Waals surface area contributed by atoms with Crippen LogP contribution < -0.4 is 16.1 Å². The Morgan fingerprint density at radius 3 is 2.60 bits per heavy atom. The molecule has 0 radical (unpaired) electrons. The first-order valence-corrected chi connectivity index (χ1v) is 4.26. The van der Waals surface area contributed by atoms with Crippen molar-refractivity contribution < 1.29 is 4.84 Å². The predicted molar refractivity (Wildman–Crippen MR) is 52.7 cm³/mol. The average molecular weight is 210 g/mol. The van der Waals surface area contributed by atoms with E-state index in [9.17, 15) is 9.59 Å². The van der Waals surface area contributed by atoms with Gasteiger partial charge in [-0.1, -0.05) is 4.73 Å². The highest BCUT2D eigenvalue weighted by Gasteiger charge is 2.13. The largest absolute Gasteiger partial charge is 0.409 e. The first-order valence-electron chi connectivity index (χ1n) is 4.26. The molecule has 0 saturated heterocycles. The molecular formula is C8H10N4O3. The molecule has 7 heteroatoms. The molecule has 15 heavy (non-hydrogen) atoms. The maximum Gasteiger partial charge on any atom is 0.366 e. The lowest BCUT2D eigenvalue weighted by Crippen LogP contribution is -2.41. The molecule has 0 N–H and O–H groups in total. The van der Waals surface area contributed by atoms with Crippen LogP contribution in [0.25, 0.3) is 11.0 Å². The van der Waals surface area contributed by atoms with Gasteiger partial charge in [0.05, 0.1) is 0 Å². The Morgan fingerprint density at radius 2 is 2.00 bits per heavy atom. The number of aryl methyl sites for hydroxylation is 2. The van der Waals surface area contributed by atoms with Crippen molar-refractivity contribution in [1.29, 1.82) is 0 Å². The van der Waals surface area contributed by atoms with Crippen LogP contribution in [-0.2, 0) is 14.1 Å². The second kappa shape index (κ2) is 2.97. The Labute approximate surface area is 84.1 Å². The van der Waals surface area contributed by atoms with E-state index in [4.69, 9.17) is 4.84 Å². The van der Waals surface area contributed by atoms with Gasteiger partial charge < -0.3 is 4.84 Å². The van der Waals surface area contributed by atoms with Crippen molar-refractivity contribution in [2.24, 2.45) is 14.1 Å². The van der Waals surface area contributed by atoms with Crippen molar-refractivity contribution in [3.63, 3.8) is 0 Å². The third kappa shape index (κ3) is 1.16. The van der Waals surface area contributed by atoms with Crippen molar-refractivity contribution in [2.45, 2.75) is 0 Å². The monoisotopic (exact) mass is 210 g/mol. The molecule has 7 nitrogen and oxygen atoms in total. The zero-order chi connectivity index (χ0) is 11.2. The van der Waals surface area contributed by atoms with Crippen LogP contribution in [0, 0.1) is 0 Å². The van der Waals surface area contributed by atoms with Crippen LogP contribution in [0.2, 0.25) is 0 Å². The summed E-state index contributed by atoms with van der Waals surface area (Å²) in [5.41, 5.74) is -0.696. The van der Waals surface area contributed by atoms with E-state index < -0.39 is 11.2 Å². The van der Waals surface area contributed by atoms with Crippen LogP contribution >= 0.6 is 0 Å². The Hall–Kier alpha value is -2.05. The van der Waals surface area contributed by atoms with Gasteiger partial charge in [0.2, 0.25) is 0 Å². The molecule has 2 rings (SSSR count). The fourth-order valence-corrected chi connectivity index (χ4v) is 1.46. The topological polar surface area (TPSA) is 71.0 Å². The molecule has 0 amide bonds. The molecule has 0 bridgehead atoms. The van der Waals surface area contributed by atoms with Crippen molar-refractivity contribution in [1.82, 2.24) is 19.1 Å². The molecule has 0 aliphatic heterocycles. The summed E-state index contributed by atoms with van der Waals surface area (Å²) >= 11 is 0. The highest BCUT2D eigenvalue weighted by molar-refractivity contribution is 5.72. The first kappa shape index (κ1) is 9.50. The summed E-state index contributed by atoms with van der Waals surface area (Å²) in [5, 5.41) is 4.37. The van der Waals surface area contributed by atoms with Crippen molar-refractivity contribution in [3.8, 4) is 0 Å². The van der Waals surface area contributed by atoms with Crippen LogP contribution in [0.15, 0.2) is 15.8 Å². The van der Waals surface area contributed by atoms with Gasteiger partial charge in [-0.2, -0.15) is 5.10 Å². The van der Waals surface area contributed by atoms with E-state index in [1.165, 1.54) is 23.4 Å². The lowest BCUT2D eigenvalue weighted by Gasteiger charge is -2.04. The first-order chi connectivity index (χ1) is 7.06. The Kier molecular flexibility index (Phi) is 1.88. The molecule has 0 aromatic carbocycles. The Bertz CT molecular complexity index is 634. The van der Waals surface area contributed by atoms with Crippen LogP contribution in [-0.4, -0.2) is 26.2 Å². The molecule has 2 aromatic rings. The molecule has 2 heterocycles. The van der Waals surface area contributed by atoms with Gasteiger partial charge in [-0.25, -0.2) is 4.79 Å². The van der Waals surface area contributed by atoms with Gasteiger partial charge in [0.1, 0.15) is 12.5 Å². The maximum atomic E-state index is 11.7. The molecule has 0 aliphatic rings. The zero-order valence-corrected chi connectivity index (χ0v) is 8.59. The van der Waals surface area contributed by atoms with Crippen LogP contribution in [0.3, 0.4) is 0 Å². The minimum atomic E-state index is -0.547. The average Bonchev–Trinajstić information content (AvgIpc) is 2.58. The van der Waals surface area contributed by atoms with Gasteiger partial charge in [-0.05, 0) is 0 Å². The summed E-state index contributed by atoms with van der Waals surface area (Å²) in [4.78, 5) is 28.0. The quantitative estimate of drug-likeness (QED) is 0.574.